The number of aryl methyl sites for hydroxylation is 1. The van der Waals surface area contributed by atoms with Gasteiger partial charge in [0.25, 0.3) is 0 Å². The molecule has 2 nitrogen and oxygen atoms in total. The van der Waals surface area contributed by atoms with Crippen LogP contribution >= 0.6 is 0 Å². The Morgan fingerprint density at radius 1 is 1.45 bits per heavy atom. The van der Waals surface area contributed by atoms with Gasteiger partial charge >= 0.3 is 0 Å². The predicted molar refractivity (Wildman–Crippen MR) is 46.1 cm³/mol. The molecule has 0 N–H and O–H groups in total. The molecule has 0 fully saturated rings. The lowest BCUT2D eigenvalue weighted by Crippen LogP contribution is -1.99. The summed E-state index contributed by atoms with van der Waals surface area (Å²) in [5.74, 6) is 1.51. The van der Waals surface area contributed by atoms with E-state index in [0.717, 1.165) is 5.75 Å². The lowest BCUT2D eigenvalue weighted by atomic mass is 10.1. The predicted octanol–water partition coefficient (Wildman–Crippen LogP) is 2.16. The topological polar surface area (TPSA) is 14.2 Å². The third-order valence-electron chi connectivity index (χ3n) is 1.85. The van der Waals surface area contributed by atoms with E-state index >= 15 is 0 Å². The first kappa shape index (κ1) is 8.18. The van der Waals surface area contributed by atoms with E-state index < -0.39 is 0 Å². The van der Waals surface area contributed by atoms with Crippen molar-refractivity contribution in [2.45, 2.75) is 19.8 Å². The van der Waals surface area contributed by atoms with E-state index in [-0.39, 0.29) is 0 Å². The van der Waals surface area contributed by atoms with Crippen LogP contribution in [0.15, 0.2) is 12.3 Å². The van der Waals surface area contributed by atoms with Crippen LogP contribution in [0.2, 0.25) is 0 Å². The molecule has 0 radical (unpaired) electrons. The van der Waals surface area contributed by atoms with Gasteiger partial charge in [-0.2, -0.15) is 0 Å². The van der Waals surface area contributed by atoms with Crippen LogP contribution in [0, 0.1) is 0 Å². The molecule has 2 heteroatoms. The second-order valence-electron chi connectivity index (χ2n) is 3.03. The SMILES string of the molecule is COc1ccn(C)c1C(C)C. The van der Waals surface area contributed by atoms with Gasteiger partial charge in [-0.25, -0.2) is 0 Å². The summed E-state index contributed by atoms with van der Waals surface area (Å²) in [4.78, 5) is 0. The molecule has 0 aromatic carbocycles. The van der Waals surface area contributed by atoms with E-state index in [1.165, 1.54) is 5.69 Å². The van der Waals surface area contributed by atoms with E-state index in [9.17, 15) is 0 Å². The molecule has 0 saturated heterocycles. The smallest absolute Gasteiger partial charge is 0.139 e. The molecule has 0 saturated carbocycles. The minimum Gasteiger partial charge on any atom is -0.495 e. The van der Waals surface area contributed by atoms with Crippen molar-refractivity contribution in [3.63, 3.8) is 0 Å². The third kappa shape index (κ3) is 1.39. The van der Waals surface area contributed by atoms with Crippen molar-refractivity contribution in [2.75, 3.05) is 7.11 Å². The average Bonchev–Trinajstić information content (AvgIpc) is 2.30. The summed E-state index contributed by atoms with van der Waals surface area (Å²) in [6.45, 7) is 4.33. The molecular weight excluding hydrogens is 138 g/mol. The highest BCUT2D eigenvalue weighted by molar-refractivity contribution is 5.31. The highest BCUT2D eigenvalue weighted by Crippen LogP contribution is 2.26. The number of rotatable bonds is 2. The molecule has 1 aromatic rings. The Kier molecular flexibility index (Phi) is 2.22. The molecule has 0 bridgehead atoms. The second kappa shape index (κ2) is 2.99. The molecule has 1 rings (SSSR count). The molecule has 11 heavy (non-hydrogen) atoms. The van der Waals surface area contributed by atoms with Gasteiger partial charge in [-0.1, -0.05) is 13.8 Å². The first-order valence-electron chi connectivity index (χ1n) is 3.86. The molecule has 0 aliphatic rings. The second-order valence-corrected chi connectivity index (χ2v) is 3.03. The van der Waals surface area contributed by atoms with Crippen LogP contribution in [0.1, 0.15) is 25.5 Å². The lowest BCUT2D eigenvalue weighted by molar-refractivity contribution is 0.405. The maximum Gasteiger partial charge on any atom is 0.139 e. The molecule has 62 valence electrons. The third-order valence-corrected chi connectivity index (χ3v) is 1.85. The fourth-order valence-corrected chi connectivity index (χ4v) is 1.38. The summed E-state index contributed by atoms with van der Waals surface area (Å²) in [5, 5.41) is 0. The lowest BCUT2D eigenvalue weighted by Gasteiger charge is -2.09. The highest BCUT2D eigenvalue weighted by Gasteiger charge is 2.09. The zero-order valence-corrected chi connectivity index (χ0v) is 7.59. The largest absolute Gasteiger partial charge is 0.495 e. The molecule has 0 atom stereocenters. The van der Waals surface area contributed by atoms with Gasteiger partial charge in [-0.15, -0.1) is 0 Å². The van der Waals surface area contributed by atoms with Gasteiger partial charge in [-0.3, -0.25) is 0 Å². The van der Waals surface area contributed by atoms with Gasteiger partial charge in [0.15, 0.2) is 0 Å². The standard InChI is InChI=1S/C9H15NO/c1-7(2)9-8(11-4)5-6-10(9)3/h5-7H,1-4H3. The quantitative estimate of drug-likeness (QED) is 0.635. The van der Waals surface area contributed by atoms with E-state index in [1.54, 1.807) is 7.11 Å². The summed E-state index contributed by atoms with van der Waals surface area (Å²) >= 11 is 0. The zero-order valence-electron chi connectivity index (χ0n) is 7.59. The van der Waals surface area contributed by atoms with Gasteiger partial charge < -0.3 is 9.30 Å². The molecule has 1 aromatic heterocycles. The first-order valence-corrected chi connectivity index (χ1v) is 3.86. The molecular formula is C9H15NO. The Hall–Kier alpha value is -0.920. The van der Waals surface area contributed by atoms with Crippen LogP contribution in [0.4, 0.5) is 0 Å². The number of hydrogen-bond donors (Lipinski definition) is 0. The number of aromatic nitrogens is 1. The van der Waals surface area contributed by atoms with Crippen LogP contribution in [-0.4, -0.2) is 11.7 Å². The van der Waals surface area contributed by atoms with Gasteiger partial charge in [0.2, 0.25) is 0 Å². The fourth-order valence-electron chi connectivity index (χ4n) is 1.38. The Morgan fingerprint density at radius 3 is 2.45 bits per heavy atom. The van der Waals surface area contributed by atoms with E-state index in [2.05, 4.69) is 18.4 Å². The maximum atomic E-state index is 5.21. The Bertz CT molecular complexity index is 238. The maximum absolute atomic E-state index is 5.21. The monoisotopic (exact) mass is 153 g/mol. The van der Waals surface area contributed by atoms with Crippen LogP contribution in [0.25, 0.3) is 0 Å². The van der Waals surface area contributed by atoms with Gasteiger partial charge in [0.05, 0.1) is 12.8 Å². The number of hydrogen-bond acceptors (Lipinski definition) is 1. The normalized spacial score (nSPS) is 10.6. The fraction of sp³-hybridized carbons (Fsp3) is 0.556. The minimum absolute atomic E-state index is 0.518. The Balaban J connectivity index is 3.07. The van der Waals surface area contributed by atoms with Gasteiger partial charge in [0, 0.05) is 13.2 Å². The first-order chi connectivity index (χ1) is 5.16. The number of ether oxygens (including phenoxy) is 1. The average molecular weight is 153 g/mol. The van der Waals surface area contributed by atoms with Crippen LogP contribution in [0.3, 0.4) is 0 Å². The van der Waals surface area contributed by atoms with Crippen molar-refractivity contribution in [3.05, 3.63) is 18.0 Å². The summed E-state index contributed by atoms with van der Waals surface area (Å²) in [7, 11) is 3.75. The summed E-state index contributed by atoms with van der Waals surface area (Å²) in [6, 6.07) is 2.00. The molecule has 0 spiro atoms. The van der Waals surface area contributed by atoms with Gasteiger partial charge in [0.1, 0.15) is 5.75 Å². The molecule has 0 unspecified atom stereocenters. The van der Waals surface area contributed by atoms with Crippen molar-refractivity contribution < 1.29 is 4.74 Å². The zero-order chi connectivity index (χ0) is 8.43. The number of nitrogens with zero attached hydrogens (tertiary/aromatic N) is 1. The molecule has 0 aliphatic heterocycles. The highest BCUT2D eigenvalue weighted by atomic mass is 16.5. The Morgan fingerprint density at radius 2 is 2.09 bits per heavy atom. The van der Waals surface area contributed by atoms with Crippen LogP contribution in [0.5, 0.6) is 5.75 Å². The van der Waals surface area contributed by atoms with E-state index in [1.807, 2.05) is 19.3 Å². The summed E-state index contributed by atoms with van der Waals surface area (Å²) in [6.07, 6.45) is 2.02. The van der Waals surface area contributed by atoms with Crippen molar-refractivity contribution in [1.82, 2.24) is 4.57 Å². The van der Waals surface area contributed by atoms with Crippen LogP contribution < -0.4 is 4.74 Å². The Labute approximate surface area is 67.8 Å². The number of methoxy groups -OCH3 is 1. The molecule has 1 heterocycles. The summed E-state index contributed by atoms with van der Waals surface area (Å²) < 4.78 is 7.31. The van der Waals surface area contributed by atoms with Gasteiger partial charge in [-0.05, 0) is 12.0 Å². The summed E-state index contributed by atoms with van der Waals surface area (Å²) in [5.41, 5.74) is 1.26. The van der Waals surface area contributed by atoms with E-state index in [4.69, 9.17) is 4.74 Å². The van der Waals surface area contributed by atoms with Crippen molar-refractivity contribution in [2.24, 2.45) is 7.05 Å². The van der Waals surface area contributed by atoms with Crippen LogP contribution in [-0.2, 0) is 7.05 Å². The molecule has 0 amide bonds. The van der Waals surface area contributed by atoms with Crippen molar-refractivity contribution in [3.8, 4) is 5.75 Å². The minimum atomic E-state index is 0.518. The van der Waals surface area contributed by atoms with E-state index in [0.29, 0.717) is 5.92 Å². The van der Waals surface area contributed by atoms with Crippen molar-refractivity contribution in [1.29, 1.82) is 0 Å². The molecule has 0 aliphatic carbocycles. The van der Waals surface area contributed by atoms with Crippen molar-refractivity contribution >= 4 is 0 Å².